The van der Waals surface area contributed by atoms with Crippen LogP contribution in [0.5, 0.6) is 11.5 Å². The van der Waals surface area contributed by atoms with E-state index in [2.05, 4.69) is 0 Å². The molecule has 3 rings (SSSR count). The van der Waals surface area contributed by atoms with Gasteiger partial charge in [0.1, 0.15) is 17.8 Å². The van der Waals surface area contributed by atoms with E-state index in [1.165, 1.54) is 13.2 Å². The van der Waals surface area contributed by atoms with Crippen LogP contribution in [0.4, 0.5) is 0 Å². The van der Waals surface area contributed by atoms with Gasteiger partial charge < -0.3 is 14.0 Å². The van der Waals surface area contributed by atoms with Crippen LogP contribution in [0, 0.1) is 0 Å². The van der Waals surface area contributed by atoms with Gasteiger partial charge in [0, 0.05) is 6.92 Å². The van der Waals surface area contributed by atoms with Crippen LogP contribution in [0.15, 0.2) is 66.2 Å². The van der Waals surface area contributed by atoms with E-state index < -0.39 is 7.37 Å². The Morgan fingerprint density at radius 2 is 1.85 bits per heavy atom. The molecule has 0 saturated carbocycles. The molecule has 0 bridgehead atoms. The third-order valence-electron chi connectivity index (χ3n) is 3.73. The smallest absolute Gasteiger partial charge is 0.308 e. The fraction of sp³-hybridized carbons (Fsp3) is 0.150. The first-order valence-corrected chi connectivity index (χ1v) is 9.83. The van der Waals surface area contributed by atoms with Crippen molar-refractivity contribution in [2.45, 2.75) is 13.8 Å². The summed E-state index contributed by atoms with van der Waals surface area (Å²) in [5.74, 6) is 0.657. The molecule has 0 fully saturated rings. The van der Waals surface area contributed by atoms with E-state index in [9.17, 15) is 9.36 Å². The summed E-state index contributed by atoms with van der Waals surface area (Å²) in [7, 11) is -3.20. The standard InChI is InChI=1S/C20H19O5P/c1-3-24-26(22)18(14-23-19-6-4-5-7-20(19)26)13-10-16-8-11-17(12-9-16)25-15(2)21/h4-14H,3H2,1-2H3/b13-10+. The number of rotatable bonds is 5. The maximum Gasteiger partial charge on any atom is 0.308 e. The van der Waals surface area contributed by atoms with Crippen molar-refractivity contribution in [3.63, 3.8) is 0 Å². The quantitative estimate of drug-likeness (QED) is 0.441. The lowest BCUT2D eigenvalue weighted by atomic mass is 10.2. The van der Waals surface area contributed by atoms with Crippen molar-refractivity contribution in [1.82, 2.24) is 0 Å². The molecule has 0 aromatic heterocycles. The minimum absolute atomic E-state index is 0.327. The highest BCUT2D eigenvalue weighted by molar-refractivity contribution is 7.71. The Balaban J connectivity index is 1.86. The first-order chi connectivity index (χ1) is 12.5. The lowest BCUT2D eigenvalue weighted by molar-refractivity contribution is -0.131. The Labute approximate surface area is 152 Å². The number of para-hydroxylation sites is 1. The number of carbonyl (C=O) groups excluding carboxylic acids is 1. The molecule has 1 aliphatic heterocycles. The number of benzene rings is 2. The van der Waals surface area contributed by atoms with Crippen LogP contribution < -0.4 is 14.8 Å². The second-order valence-electron chi connectivity index (χ2n) is 5.59. The Bertz CT molecular complexity index is 912. The summed E-state index contributed by atoms with van der Waals surface area (Å²) in [6, 6.07) is 14.2. The van der Waals surface area contributed by atoms with E-state index in [0.29, 0.717) is 28.7 Å². The number of carbonyl (C=O) groups is 1. The van der Waals surface area contributed by atoms with Gasteiger partial charge in [-0.05, 0) is 42.8 Å². The van der Waals surface area contributed by atoms with Gasteiger partial charge in [0.2, 0.25) is 0 Å². The average molecular weight is 370 g/mol. The molecule has 0 aliphatic carbocycles. The van der Waals surface area contributed by atoms with E-state index in [1.807, 2.05) is 25.1 Å². The van der Waals surface area contributed by atoms with Crippen molar-refractivity contribution >= 4 is 24.7 Å². The Morgan fingerprint density at radius 3 is 2.54 bits per heavy atom. The predicted molar refractivity (Wildman–Crippen MR) is 101 cm³/mol. The molecule has 1 atom stereocenters. The average Bonchev–Trinajstić information content (AvgIpc) is 2.62. The molecule has 134 valence electrons. The minimum Gasteiger partial charge on any atom is -0.463 e. The molecule has 0 N–H and O–H groups in total. The molecule has 6 heteroatoms. The van der Waals surface area contributed by atoms with Crippen LogP contribution in [0.2, 0.25) is 0 Å². The zero-order valence-electron chi connectivity index (χ0n) is 14.5. The van der Waals surface area contributed by atoms with Gasteiger partial charge in [-0.2, -0.15) is 0 Å². The molecule has 0 amide bonds. The third kappa shape index (κ3) is 3.79. The Kier molecular flexibility index (Phi) is 5.40. The van der Waals surface area contributed by atoms with Crippen LogP contribution in [0.25, 0.3) is 6.08 Å². The largest absolute Gasteiger partial charge is 0.463 e. The van der Waals surface area contributed by atoms with Crippen molar-refractivity contribution < 1.29 is 23.4 Å². The molecular formula is C20H19O5P. The van der Waals surface area contributed by atoms with Gasteiger partial charge in [-0.1, -0.05) is 30.3 Å². The maximum absolute atomic E-state index is 13.5. The normalized spacial score (nSPS) is 18.8. The predicted octanol–water partition coefficient (Wildman–Crippen LogP) is 4.50. The molecule has 1 aliphatic rings. The van der Waals surface area contributed by atoms with E-state index in [1.54, 1.807) is 42.5 Å². The van der Waals surface area contributed by atoms with Crippen LogP contribution in [0.1, 0.15) is 19.4 Å². The summed E-state index contributed by atoms with van der Waals surface area (Å²) in [5, 5.41) is 1.05. The minimum atomic E-state index is -3.20. The van der Waals surface area contributed by atoms with Crippen LogP contribution in [0.3, 0.4) is 0 Å². The molecule has 0 radical (unpaired) electrons. The SMILES string of the molecule is CCOP1(=O)C(/C=C/c2ccc(OC(C)=O)cc2)=COc2ccccc21. The van der Waals surface area contributed by atoms with Crippen molar-refractivity contribution in [2.75, 3.05) is 6.61 Å². The van der Waals surface area contributed by atoms with Gasteiger partial charge in [0.05, 0.1) is 17.2 Å². The van der Waals surface area contributed by atoms with Gasteiger partial charge >= 0.3 is 5.97 Å². The fourth-order valence-electron chi connectivity index (χ4n) is 2.59. The highest BCUT2D eigenvalue weighted by atomic mass is 31.2. The van der Waals surface area contributed by atoms with Crippen LogP contribution in [-0.4, -0.2) is 12.6 Å². The maximum atomic E-state index is 13.5. The molecule has 1 unspecified atom stereocenters. The van der Waals surface area contributed by atoms with Crippen LogP contribution in [-0.2, 0) is 13.9 Å². The highest BCUT2D eigenvalue weighted by Gasteiger charge is 2.35. The lowest BCUT2D eigenvalue weighted by Crippen LogP contribution is -2.16. The summed E-state index contributed by atoms with van der Waals surface area (Å²) < 4.78 is 29.8. The van der Waals surface area contributed by atoms with E-state index in [4.69, 9.17) is 14.0 Å². The van der Waals surface area contributed by atoms with Crippen molar-refractivity contribution in [2.24, 2.45) is 0 Å². The number of fused-ring (bicyclic) bond motifs is 1. The van der Waals surface area contributed by atoms with Gasteiger partial charge in [0.25, 0.3) is 7.37 Å². The van der Waals surface area contributed by atoms with Gasteiger partial charge in [-0.25, -0.2) is 0 Å². The fourth-order valence-corrected chi connectivity index (χ4v) is 4.68. The number of allylic oxidation sites excluding steroid dienone is 2. The third-order valence-corrected chi connectivity index (χ3v) is 6.29. The summed E-state index contributed by atoms with van der Waals surface area (Å²) in [6.45, 7) is 3.49. The molecule has 2 aromatic carbocycles. The first-order valence-electron chi connectivity index (χ1n) is 8.21. The summed E-state index contributed by atoms with van der Waals surface area (Å²) in [6.07, 6.45) is 5.02. The summed E-state index contributed by atoms with van der Waals surface area (Å²) in [5.41, 5.74) is 0.865. The second-order valence-corrected chi connectivity index (χ2v) is 7.95. The molecular weight excluding hydrogens is 351 g/mol. The monoisotopic (exact) mass is 370 g/mol. The van der Waals surface area contributed by atoms with Crippen molar-refractivity contribution in [1.29, 1.82) is 0 Å². The van der Waals surface area contributed by atoms with Crippen molar-refractivity contribution in [3.8, 4) is 11.5 Å². The number of esters is 1. The Hall–Kier alpha value is -2.62. The molecule has 26 heavy (non-hydrogen) atoms. The van der Waals surface area contributed by atoms with Gasteiger partial charge in [-0.3, -0.25) is 9.36 Å². The van der Waals surface area contributed by atoms with E-state index in [0.717, 1.165) is 5.56 Å². The summed E-state index contributed by atoms with van der Waals surface area (Å²) >= 11 is 0. The van der Waals surface area contributed by atoms with E-state index in [-0.39, 0.29) is 5.97 Å². The lowest BCUT2D eigenvalue weighted by Gasteiger charge is -2.25. The molecule has 2 aromatic rings. The van der Waals surface area contributed by atoms with Crippen molar-refractivity contribution in [3.05, 3.63) is 71.7 Å². The molecule has 1 heterocycles. The van der Waals surface area contributed by atoms with E-state index >= 15 is 0 Å². The Morgan fingerprint density at radius 1 is 1.12 bits per heavy atom. The number of hydrogen-bond donors (Lipinski definition) is 0. The molecule has 0 spiro atoms. The molecule has 0 saturated heterocycles. The highest BCUT2D eigenvalue weighted by Crippen LogP contribution is 2.58. The van der Waals surface area contributed by atoms with Crippen LogP contribution >= 0.6 is 7.37 Å². The number of ether oxygens (including phenoxy) is 2. The second kappa shape index (κ2) is 7.73. The number of hydrogen-bond acceptors (Lipinski definition) is 5. The topological polar surface area (TPSA) is 61.8 Å². The van der Waals surface area contributed by atoms with Gasteiger partial charge in [-0.15, -0.1) is 0 Å². The first kappa shape index (κ1) is 18.2. The zero-order chi connectivity index (χ0) is 18.6. The zero-order valence-corrected chi connectivity index (χ0v) is 15.4. The summed E-state index contributed by atoms with van der Waals surface area (Å²) in [4.78, 5) is 11.0. The molecule has 5 nitrogen and oxygen atoms in total. The van der Waals surface area contributed by atoms with Gasteiger partial charge in [0.15, 0.2) is 0 Å².